The van der Waals surface area contributed by atoms with Crippen molar-refractivity contribution in [1.29, 1.82) is 0 Å². The molecule has 3 heteroatoms. The zero-order chi connectivity index (χ0) is 20.9. The minimum atomic E-state index is -0.408. The molecule has 0 amide bonds. The van der Waals surface area contributed by atoms with Crippen LogP contribution in [0, 0.1) is 0 Å². The Bertz CT molecular complexity index is 1070. The molecule has 3 aromatic rings. The fourth-order valence-electron chi connectivity index (χ4n) is 3.50. The Kier molecular flexibility index (Phi) is 6.38. The van der Waals surface area contributed by atoms with Gasteiger partial charge in [0.15, 0.2) is 0 Å². The van der Waals surface area contributed by atoms with E-state index in [9.17, 15) is 4.79 Å². The smallest absolute Gasteiger partial charge is 0.336 e. The number of hydrogen-bond acceptors (Lipinski definition) is 3. The van der Waals surface area contributed by atoms with Gasteiger partial charge in [0.1, 0.15) is 17.9 Å². The first kappa shape index (κ1) is 20.7. The number of fused-ring (bicyclic) bond motifs is 1. The maximum atomic E-state index is 12.0. The lowest BCUT2D eigenvalue weighted by Crippen LogP contribution is -2.21. The van der Waals surface area contributed by atoms with Gasteiger partial charge in [0.2, 0.25) is 0 Å². The quantitative estimate of drug-likeness (QED) is 0.324. The summed E-state index contributed by atoms with van der Waals surface area (Å²) in [6, 6.07) is 17.2. The van der Waals surface area contributed by atoms with Crippen molar-refractivity contribution in [2.75, 3.05) is 0 Å². The molecule has 1 aromatic heterocycles. The molecule has 0 aliphatic rings. The van der Waals surface area contributed by atoms with Gasteiger partial charge in [0.25, 0.3) is 0 Å². The highest BCUT2D eigenvalue weighted by molar-refractivity contribution is 5.83. The number of rotatable bonds is 8. The molecule has 0 radical (unpaired) electrons. The summed E-state index contributed by atoms with van der Waals surface area (Å²) in [7, 11) is 0. The molecule has 0 saturated heterocycles. The predicted octanol–water partition coefficient (Wildman–Crippen LogP) is 6.56. The Morgan fingerprint density at radius 2 is 1.83 bits per heavy atom. The van der Waals surface area contributed by atoms with Crippen LogP contribution in [0.25, 0.3) is 11.0 Å². The lowest BCUT2D eigenvalue weighted by molar-refractivity contribution is 0.297. The van der Waals surface area contributed by atoms with Crippen LogP contribution in [0.2, 0.25) is 0 Å². The Hall–Kier alpha value is -3.07. The molecular formula is C26H28O3. The van der Waals surface area contributed by atoms with Gasteiger partial charge in [-0.05, 0) is 50.5 Å². The van der Waals surface area contributed by atoms with Crippen molar-refractivity contribution in [3.8, 4) is 5.75 Å². The van der Waals surface area contributed by atoms with E-state index >= 15 is 0 Å². The second kappa shape index (κ2) is 8.95. The maximum Gasteiger partial charge on any atom is 0.336 e. The summed E-state index contributed by atoms with van der Waals surface area (Å²) < 4.78 is 11.9. The van der Waals surface area contributed by atoms with Crippen LogP contribution in [-0.2, 0) is 12.0 Å². The van der Waals surface area contributed by atoms with Gasteiger partial charge >= 0.3 is 5.63 Å². The fourth-order valence-corrected chi connectivity index (χ4v) is 3.50. The number of ether oxygens (including phenoxy) is 1. The fraction of sp³-hybridized carbons (Fsp3) is 0.269. The predicted molar refractivity (Wildman–Crippen MR) is 119 cm³/mol. The average molecular weight is 389 g/mol. The maximum absolute atomic E-state index is 12.0. The third-order valence-electron chi connectivity index (χ3n) is 5.23. The second-order valence-electron chi connectivity index (χ2n) is 7.83. The van der Waals surface area contributed by atoms with Crippen LogP contribution in [0.1, 0.15) is 44.7 Å². The summed E-state index contributed by atoms with van der Waals surface area (Å²) in [6.07, 6.45) is 5.88. The van der Waals surface area contributed by atoms with Gasteiger partial charge in [-0.2, -0.15) is 0 Å². The standard InChI is InChI=1S/C26H28O3/c1-5-26(4,17-9-10-19(2)3)24-22(28-18-20-11-7-6-8-12-20)15-13-21-14-16-23(27)29-25(21)24/h5-8,10-16H,1,9,17-18H2,2-4H3. The molecule has 3 nitrogen and oxygen atoms in total. The Labute approximate surface area is 172 Å². The monoisotopic (exact) mass is 388 g/mol. The minimum absolute atomic E-state index is 0.366. The number of allylic oxidation sites excluding steroid dienone is 3. The van der Waals surface area contributed by atoms with Crippen molar-refractivity contribution in [2.24, 2.45) is 0 Å². The van der Waals surface area contributed by atoms with Crippen LogP contribution in [-0.4, -0.2) is 0 Å². The molecule has 0 spiro atoms. The molecule has 0 N–H and O–H groups in total. The summed E-state index contributed by atoms with van der Waals surface area (Å²) >= 11 is 0. The van der Waals surface area contributed by atoms with E-state index < -0.39 is 5.41 Å². The molecule has 0 aliphatic carbocycles. The van der Waals surface area contributed by atoms with Crippen LogP contribution < -0.4 is 10.4 Å². The molecule has 1 unspecified atom stereocenters. The van der Waals surface area contributed by atoms with Gasteiger partial charge in [0, 0.05) is 22.4 Å². The van der Waals surface area contributed by atoms with E-state index in [1.54, 1.807) is 6.07 Å². The topological polar surface area (TPSA) is 39.4 Å². The third kappa shape index (κ3) is 4.86. The molecule has 2 aromatic carbocycles. The van der Waals surface area contributed by atoms with Crippen LogP contribution in [0.15, 0.2) is 88.1 Å². The first-order chi connectivity index (χ1) is 13.9. The molecule has 0 aliphatic heterocycles. The van der Waals surface area contributed by atoms with Gasteiger partial charge in [-0.25, -0.2) is 4.79 Å². The van der Waals surface area contributed by atoms with Gasteiger partial charge in [-0.15, -0.1) is 6.58 Å². The highest BCUT2D eigenvalue weighted by Gasteiger charge is 2.30. The van der Waals surface area contributed by atoms with Crippen molar-refractivity contribution in [1.82, 2.24) is 0 Å². The summed E-state index contributed by atoms with van der Waals surface area (Å²) in [5.41, 5.74) is 3.03. The molecule has 0 bridgehead atoms. The lowest BCUT2D eigenvalue weighted by Gasteiger charge is -2.29. The van der Waals surface area contributed by atoms with E-state index in [-0.39, 0.29) is 5.63 Å². The van der Waals surface area contributed by atoms with Crippen molar-refractivity contribution in [2.45, 2.75) is 45.6 Å². The van der Waals surface area contributed by atoms with Crippen molar-refractivity contribution in [3.63, 3.8) is 0 Å². The van der Waals surface area contributed by atoms with Crippen molar-refractivity contribution >= 4 is 11.0 Å². The zero-order valence-corrected chi connectivity index (χ0v) is 17.4. The normalized spacial score (nSPS) is 12.9. The molecule has 0 saturated carbocycles. The summed E-state index contributed by atoms with van der Waals surface area (Å²) in [4.78, 5) is 12.0. The van der Waals surface area contributed by atoms with Gasteiger partial charge in [-0.1, -0.05) is 55.0 Å². The molecule has 0 fully saturated rings. The molecule has 29 heavy (non-hydrogen) atoms. The largest absolute Gasteiger partial charge is 0.488 e. The van der Waals surface area contributed by atoms with Crippen molar-refractivity contribution in [3.05, 3.63) is 100 Å². The average Bonchev–Trinajstić information content (AvgIpc) is 2.72. The molecule has 1 heterocycles. The first-order valence-corrected chi connectivity index (χ1v) is 9.94. The molecule has 3 rings (SSSR count). The second-order valence-corrected chi connectivity index (χ2v) is 7.83. The van der Waals surface area contributed by atoms with E-state index in [2.05, 4.69) is 33.4 Å². The van der Waals surface area contributed by atoms with E-state index in [1.165, 1.54) is 11.6 Å². The molecule has 1 atom stereocenters. The third-order valence-corrected chi connectivity index (χ3v) is 5.23. The highest BCUT2D eigenvalue weighted by Crippen LogP contribution is 2.41. The van der Waals surface area contributed by atoms with Crippen LogP contribution in [0.4, 0.5) is 0 Å². The van der Waals surface area contributed by atoms with E-state index in [0.717, 1.165) is 35.1 Å². The summed E-state index contributed by atoms with van der Waals surface area (Å²) in [5.74, 6) is 0.718. The van der Waals surface area contributed by atoms with E-state index in [4.69, 9.17) is 9.15 Å². The van der Waals surface area contributed by atoms with E-state index in [1.807, 2.05) is 48.5 Å². The number of hydrogen-bond donors (Lipinski definition) is 0. The van der Waals surface area contributed by atoms with Gasteiger partial charge in [0.05, 0.1) is 0 Å². The zero-order valence-electron chi connectivity index (χ0n) is 17.4. The van der Waals surface area contributed by atoms with Crippen LogP contribution >= 0.6 is 0 Å². The van der Waals surface area contributed by atoms with E-state index in [0.29, 0.717) is 12.2 Å². The Balaban J connectivity index is 2.09. The lowest BCUT2D eigenvalue weighted by atomic mass is 9.77. The molecule has 150 valence electrons. The highest BCUT2D eigenvalue weighted by atomic mass is 16.5. The Morgan fingerprint density at radius 1 is 1.10 bits per heavy atom. The van der Waals surface area contributed by atoms with Gasteiger partial charge < -0.3 is 9.15 Å². The number of benzene rings is 2. The summed E-state index contributed by atoms with van der Waals surface area (Å²) in [6.45, 7) is 10.9. The molecular weight excluding hydrogens is 360 g/mol. The van der Waals surface area contributed by atoms with Crippen LogP contribution in [0.3, 0.4) is 0 Å². The SMILES string of the molecule is C=CC(C)(CCC=C(C)C)c1c(OCc2ccccc2)ccc2ccc(=O)oc12. The minimum Gasteiger partial charge on any atom is -0.488 e. The van der Waals surface area contributed by atoms with Crippen molar-refractivity contribution < 1.29 is 9.15 Å². The van der Waals surface area contributed by atoms with Gasteiger partial charge in [-0.3, -0.25) is 0 Å². The Morgan fingerprint density at radius 3 is 2.52 bits per heavy atom. The first-order valence-electron chi connectivity index (χ1n) is 9.94. The summed E-state index contributed by atoms with van der Waals surface area (Å²) in [5, 5.41) is 0.877. The van der Waals surface area contributed by atoms with Crippen LogP contribution in [0.5, 0.6) is 5.75 Å².